The van der Waals surface area contributed by atoms with Crippen molar-refractivity contribution >= 4 is 49.6 Å². The molecule has 0 saturated heterocycles. The molecule has 0 saturated carbocycles. The molecular weight excluding hydrogens is 789 g/mol. The maximum atomic E-state index is 6.76. The Bertz CT molecular complexity index is 3750. The Labute approximate surface area is 378 Å². The highest BCUT2D eigenvalue weighted by Gasteiger charge is 2.49. The quantitative estimate of drug-likeness (QED) is 0.176. The second-order valence-electron chi connectivity index (χ2n) is 18.4. The van der Waals surface area contributed by atoms with Gasteiger partial charge in [-0.2, -0.15) is 0 Å². The highest BCUT2D eigenvalue weighted by molar-refractivity contribution is 6.11. The van der Waals surface area contributed by atoms with E-state index in [1.807, 2.05) is 0 Å². The summed E-state index contributed by atoms with van der Waals surface area (Å²) in [5, 5.41) is 4.97. The average molecular weight is 831 g/mol. The molecule has 3 aliphatic rings. The summed E-state index contributed by atoms with van der Waals surface area (Å²) in [6.07, 6.45) is 0. The number of rotatable bonds is 4. The van der Waals surface area contributed by atoms with E-state index in [-0.39, 0.29) is 5.41 Å². The molecule has 0 atom stereocenters. The molecule has 0 bridgehead atoms. The van der Waals surface area contributed by atoms with Gasteiger partial charge < -0.3 is 14.2 Å². The summed E-state index contributed by atoms with van der Waals surface area (Å²) < 4.78 is 9.22. The van der Waals surface area contributed by atoms with Crippen molar-refractivity contribution in [1.82, 2.24) is 4.57 Å². The van der Waals surface area contributed by atoms with E-state index in [2.05, 4.69) is 242 Å². The minimum Gasteiger partial charge on any atom is -0.457 e. The topological polar surface area (TPSA) is 17.4 Å². The van der Waals surface area contributed by atoms with Crippen molar-refractivity contribution in [2.75, 3.05) is 4.90 Å². The Hall–Kier alpha value is -8.14. The predicted octanol–water partition coefficient (Wildman–Crippen LogP) is 16.2. The van der Waals surface area contributed by atoms with Crippen LogP contribution in [0.1, 0.15) is 47.2 Å². The second-order valence-corrected chi connectivity index (χ2v) is 18.4. The molecule has 65 heavy (non-hydrogen) atoms. The molecule has 3 nitrogen and oxygen atoms in total. The van der Waals surface area contributed by atoms with Crippen LogP contribution in [0.3, 0.4) is 0 Å². The van der Waals surface area contributed by atoms with Crippen molar-refractivity contribution < 1.29 is 4.74 Å². The number of hydrogen-bond acceptors (Lipinski definition) is 2. The Kier molecular flexibility index (Phi) is 7.38. The molecule has 0 unspecified atom stereocenters. The van der Waals surface area contributed by atoms with Crippen LogP contribution in [0.2, 0.25) is 0 Å². The van der Waals surface area contributed by atoms with Crippen LogP contribution in [0.15, 0.2) is 218 Å². The van der Waals surface area contributed by atoms with Crippen LogP contribution in [-0.4, -0.2) is 4.57 Å². The van der Waals surface area contributed by atoms with Crippen molar-refractivity contribution in [1.29, 1.82) is 0 Å². The van der Waals surface area contributed by atoms with Crippen molar-refractivity contribution in [3.05, 3.63) is 252 Å². The number of nitrogens with zero attached hydrogens (tertiary/aromatic N) is 2. The molecule has 1 aliphatic heterocycles. The molecule has 14 rings (SSSR count). The van der Waals surface area contributed by atoms with Gasteiger partial charge in [-0.3, -0.25) is 0 Å². The highest BCUT2D eigenvalue weighted by atomic mass is 16.5. The van der Waals surface area contributed by atoms with Crippen molar-refractivity contribution in [3.63, 3.8) is 0 Å². The SMILES string of the molecule is CC1(C)c2ccccc2-c2cc(-n3c4ccccc4c4cc(N(c5ccccc5)c5ccc6c(c5)C5(c7ccccc7Oc7ccccc75)c5cccc7cccc-6c57)ccc43)ccc21. The van der Waals surface area contributed by atoms with Crippen LogP contribution < -0.4 is 9.64 Å². The van der Waals surface area contributed by atoms with Gasteiger partial charge >= 0.3 is 0 Å². The van der Waals surface area contributed by atoms with E-state index in [1.165, 1.54) is 82.8 Å². The molecule has 2 heterocycles. The van der Waals surface area contributed by atoms with Gasteiger partial charge in [-0.05, 0) is 128 Å². The fraction of sp³-hybridized carbons (Fsp3) is 0.0645. The van der Waals surface area contributed by atoms with Gasteiger partial charge in [0.2, 0.25) is 0 Å². The molecule has 2 aliphatic carbocycles. The third kappa shape index (κ3) is 4.85. The van der Waals surface area contributed by atoms with Crippen molar-refractivity contribution in [3.8, 4) is 39.4 Å². The summed E-state index contributed by atoms with van der Waals surface area (Å²) in [6.45, 7) is 4.70. The Morgan fingerprint density at radius 1 is 0.385 bits per heavy atom. The molecule has 11 aromatic rings. The van der Waals surface area contributed by atoms with Gasteiger partial charge in [0.15, 0.2) is 0 Å². The summed E-state index contributed by atoms with van der Waals surface area (Å²) in [5.74, 6) is 1.77. The molecule has 10 aromatic carbocycles. The first-order chi connectivity index (χ1) is 32.0. The number of aromatic nitrogens is 1. The molecule has 0 amide bonds. The van der Waals surface area contributed by atoms with Gasteiger partial charge in [-0.25, -0.2) is 0 Å². The van der Waals surface area contributed by atoms with Crippen LogP contribution in [0.25, 0.3) is 60.5 Å². The number of ether oxygens (including phenoxy) is 1. The van der Waals surface area contributed by atoms with Gasteiger partial charge in [-0.1, -0.05) is 159 Å². The minimum atomic E-state index is -0.643. The lowest BCUT2D eigenvalue weighted by Crippen LogP contribution is -2.36. The molecule has 0 N–H and O–H groups in total. The molecule has 306 valence electrons. The Morgan fingerprint density at radius 2 is 0.985 bits per heavy atom. The van der Waals surface area contributed by atoms with Crippen LogP contribution >= 0.6 is 0 Å². The van der Waals surface area contributed by atoms with Gasteiger partial charge in [0.1, 0.15) is 11.5 Å². The largest absolute Gasteiger partial charge is 0.457 e. The standard InChI is InChI=1S/C62H42N2O/c1-61(2)50-23-8-6-20-44(50)48-36-42(31-34-51(48)61)64-56-27-11-7-21-46(56)49-37-41(32-35-57(49)64)63(40-18-4-3-5-19-40)43-30-33-45-47-22-14-16-39-17-15-26-54(60(39)47)62(55(45)38-43)52-24-9-12-28-58(52)65-59-29-13-10-25-53(59)62/h3-38H,1-2H3. The number of benzene rings is 10. The fourth-order valence-corrected chi connectivity index (χ4v) is 12.1. The summed E-state index contributed by atoms with van der Waals surface area (Å²) in [7, 11) is 0. The van der Waals surface area contributed by atoms with E-state index in [4.69, 9.17) is 4.74 Å². The van der Waals surface area contributed by atoms with E-state index in [1.54, 1.807) is 0 Å². The summed E-state index contributed by atoms with van der Waals surface area (Å²) in [5.41, 5.74) is 18.8. The van der Waals surface area contributed by atoms with E-state index < -0.39 is 5.41 Å². The maximum absolute atomic E-state index is 6.76. The fourth-order valence-electron chi connectivity index (χ4n) is 12.1. The number of hydrogen-bond donors (Lipinski definition) is 0. The van der Waals surface area contributed by atoms with Gasteiger partial charge in [0, 0.05) is 50.1 Å². The first-order valence-corrected chi connectivity index (χ1v) is 22.7. The number of para-hydroxylation sites is 4. The van der Waals surface area contributed by atoms with E-state index in [0.717, 1.165) is 39.7 Å². The normalized spacial score (nSPS) is 14.4. The van der Waals surface area contributed by atoms with Gasteiger partial charge in [0.05, 0.1) is 16.4 Å². The van der Waals surface area contributed by atoms with E-state index in [9.17, 15) is 0 Å². The van der Waals surface area contributed by atoms with Crippen LogP contribution in [0.4, 0.5) is 17.1 Å². The zero-order valence-corrected chi connectivity index (χ0v) is 36.1. The van der Waals surface area contributed by atoms with Crippen molar-refractivity contribution in [2.24, 2.45) is 0 Å². The van der Waals surface area contributed by atoms with Crippen molar-refractivity contribution in [2.45, 2.75) is 24.7 Å². The first-order valence-electron chi connectivity index (χ1n) is 22.7. The molecule has 1 spiro atoms. The molecule has 1 aromatic heterocycles. The third-order valence-electron chi connectivity index (χ3n) is 14.8. The zero-order valence-electron chi connectivity index (χ0n) is 36.1. The van der Waals surface area contributed by atoms with E-state index >= 15 is 0 Å². The Balaban J connectivity index is 1.01. The predicted molar refractivity (Wildman–Crippen MR) is 268 cm³/mol. The lowest BCUT2D eigenvalue weighted by molar-refractivity contribution is 0.435. The zero-order chi connectivity index (χ0) is 43.0. The summed E-state index contributed by atoms with van der Waals surface area (Å²) in [6, 6.07) is 80.7. The lowest BCUT2D eigenvalue weighted by atomic mass is 9.58. The highest BCUT2D eigenvalue weighted by Crippen LogP contribution is 2.62. The number of fused-ring (bicyclic) bond motifs is 14. The number of anilines is 3. The average Bonchev–Trinajstić information content (AvgIpc) is 3.80. The maximum Gasteiger partial charge on any atom is 0.132 e. The lowest BCUT2D eigenvalue weighted by Gasteiger charge is -2.45. The van der Waals surface area contributed by atoms with Crippen LogP contribution in [0, 0.1) is 0 Å². The molecule has 3 heteroatoms. The molecule has 0 radical (unpaired) electrons. The Morgan fingerprint density at radius 3 is 1.80 bits per heavy atom. The molecule has 0 fully saturated rings. The smallest absolute Gasteiger partial charge is 0.132 e. The van der Waals surface area contributed by atoms with Crippen LogP contribution in [0.5, 0.6) is 11.5 Å². The first kappa shape index (κ1) is 36.4. The molecular formula is C62H42N2O. The second kappa shape index (κ2) is 13.2. The minimum absolute atomic E-state index is 0.0499. The summed E-state index contributed by atoms with van der Waals surface area (Å²) in [4.78, 5) is 2.44. The summed E-state index contributed by atoms with van der Waals surface area (Å²) >= 11 is 0. The van der Waals surface area contributed by atoms with Gasteiger partial charge in [-0.15, -0.1) is 0 Å². The monoisotopic (exact) mass is 830 g/mol. The van der Waals surface area contributed by atoms with E-state index in [0.29, 0.717) is 0 Å². The van der Waals surface area contributed by atoms with Gasteiger partial charge in [0.25, 0.3) is 0 Å². The third-order valence-corrected chi connectivity index (χ3v) is 14.8. The van der Waals surface area contributed by atoms with Crippen LogP contribution in [-0.2, 0) is 10.8 Å².